The highest BCUT2D eigenvalue weighted by molar-refractivity contribution is 5.97. The number of H-pyrrole nitrogens is 1. The lowest BCUT2D eigenvalue weighted by Gasteiger charge is -2.30. The number of benzene rings is 1. The van der Waals surface area contributed by atoms with Crippen LogP contribution in [0.2, 0.25) is 0 Å². The fourth-order valence-electron chi connectivity index (χ4n) is 3.20. The Bertz CT molecular complexity index is 955. The lowest BCUT2D eigenvalue weighted by molar-refractivity contribution is 0.0697. The topological polar surface area (TPSA) is 71.1 Å². The molecule has 2 heterocycles. The van der Waals surface area contributed by atoms with Crippen molar-refractivity contribution in [1.82, 2.24) is 20.1 Å². The quantitative estimate of drug-likeness (QED) is 0.701. The summed E-state index contributed by atoms with van der Waals surface area (Å²) in [6.45, 7) is 9.67. The molecule has 0 bridgehead atoms. The molecule has 0 saturated heterocycles. The zero-order valence-corrected chi connectivity index (χ0v) is 17.2. The Morgan fingerprint density at radius 1 is 1.21 bits per heavy atom. The molecule has 0 unspecified atom stereocenters. The smallest absolute Gasteiger partial charge is 0.255 e. The number of rotatable bonds is 6. The van der Waals surface area contributed by atoms with E-state index in [2.05, 4.69) is 36.0 Å². The molecule has 0 radical (unpaired) electrons. The van der Waals surface area contributed by atoms with E-state index in [1.165, 1.54) is 5.56 Å². The molecule has 1 aromatic carbocycles. The van der Waals surface area contributed by atoms with Crippen LogP contribution in [0.3, 0.4) is 0 Å². The van der Waals surface area contributed by atoms with E-state index in [0.717, 1.165) is 23.3 Å². The number of hydrogen-bond acceptors (Lipinski definition) is 4. The van der Waals surface area contributed by atoms with E-state index >= 15 is 0 Å². The van der Waals surface area contributed by atoms with Gasteiger partial charge in [0.25, 0.3) is 5.91 Å². The average Bonchev–Trinajstić information content (AvgIpc) is 3.04. The third kappa shape index (κ3) is 4.68. The number of aryl methyl sites for hydroxylation is 1. The van der Waals surface area contributed by atoms with Crippen molar-refractivity contribution < 1.29 is 9.53 Å². The Hall–Kier alpha value is -2.89. The highest BCUT2D eigenvalue weighted by atomic mass is 16.5. The molecular weight excluding hydrogens is 352 g/mol. The van der Waals surface area contributed by atoms with Gasteiger partial charge in [-0.25, -0.2) is 4.98 Å². The van der Waals surface area contributed by atoms with Gasteiger partial charge in [-0.05, 0) is 42.5 Å². The Morgan fingerprint density at radius 2 is 1.93 bits per heavy atom. The maximum atomic E-state index is 13.3. The molecule has 1 N–H and O–H groups in total. The third-order valence-corrected chi connectivity index (χ3v) is 4.63. The highest BCUT2D eigenvalue weighted by Crippen LogP contribution is 2.20. The van der Waals surface area contributed by atoms with Crippen LogP contribution in [-0.4, -0.2) is 46.2 Å². The number of nitrogens with zero attached hydrogens (tertiary/aromatic N) is 3. The van der Waals surface area contributed by atoms with Crippen LogP contribution in [0.25, 0.3) is 11.0 Å². The molecule has 3 rings (SSSR count). The van der Waals surface area contributed by atoms with Gasteiger partial charge in [-0.15, -0.1) is 0 Å². The number of carbonyl (C=O) groups is 1. The van der Waals surface area contributed by atoms with E-state index in [0.29, 0.717) is 24.3 Å². The summed E-state index contributed by atoms with van der Waals surface area (Å²) in [5.74, 6) is 0.833. The number of fused-ring (bicyclic) bond motifs is 1. The Balaban J connectivity index is 1.80. The highest BCUT2D eigenvalue weighted by Gasteiger charge is 2.23. The number of aromatic amines is 1. The van der Waals surface area contributed by atoms with Gasteiger partial charge in [0.1, 0.15) is 5.75 Å². The first-order valence-corrected chi connectivity index (χ1v) is 9.50. The minimum Gasteiger partial charge on any atom is -0.497 e. The largest absolute Gasteiger partial charge is 0.497 e. The van der Waals surface area contributed by atoms with Gasteiger partial charge in [-0.2, -0.15) is 5.10 Å². The number of nitrogens with one attached hydrogen (secondary N) is 1. The minimum absolute atomic E-state index is 0.00133. The van der Waals surface area contributed by atoms with Gasteiger partial charge >= 0.3 is 0 Å². The second-order valence-electron chi connectivity index (χ2n) is 8.33. The summed E-state index contributed by atoms with van der Waals surface area (Å²) in [7, 11) is 1.66. The van der Waals surface area contributed by atoms with Crippen molar-refractivity contribution in [2.45, 2.75) is 34.1 Å². The molecule has 2 aromatic heterocycles. The first kappa shape index (κ1) is 19.9. The summed E-state index contributed by atoms with van der Waals surface area (Å²) in [6.07, 6.45) is 2.40. The van der Waals surface area contributed by atoms with Crippen molar-refractivity contribution in [2.24, 2.45) is 5.41 Å². The van der Waals surface area contributed by atoms with Crippen molar-refractivity contribution in [3.05, 3.63) is 53.3 Å². The Kier molecular flexibility index (Phi) is 5.68. The summed E-state index contributed by atoms with van der Waals surface area (Å²) in [4.78, 5) is 19.5. The first-order valence-electron chi connectivity index (χ1n) is 9.50. The Labute approximate surface area is 165 Å². The van der Waals surface area contributed by atoms with Crippen molar-refractivity contribution in [3.8, 4) is 5.75 Å². The molecule has 0 aliphatic heterocycles. The van der Waals surface area contributed by atoms with Crippen molar-refractivity contribution in [1.29, 1.82) is 0 Å². The monoisotopic (exact) mass is 380 g/mol. The molecule has 28 heavy (non-hydrogen) atoms. The fraction of sp³-hybridized carbons (Fsp3) is 0.409. The summed E-state index contributed by atoms with van der Waals surface area (Å²) < 4.78 is 5.22. The molecule has 0 fully saturated rings. The van der Waals surface area contributed by atoms with Crippen LogP contribution in [0, 0.1) is 12.3 Å². The van der Waals surface area contributed by atoms with Gasteiger partial charge in [0.05, 0.1) is 12.7 Å². The molecule has 148 valence electrons. The van der Waals surface area contributed by atoms with E-state index < -0.39 is 0 Å². The minimum atomic E-state index is -0.00145. The molecular formula is C22H28N4O2. The first-order chi connectivity index (χ1) is 13.3. The zero-order chi connectivity index (χ0) is 20.3. The number of amides is 1. The molecule has 0 aliphatic carbocycles. The molecule has 0 atom stereocenters. The van der Waals surface area contributed by atoms with Crippen molar-refractivity contribution in [3.63, 3.8) is 0 Å². The lowest BCUT2D eigenvalue weighted by atomic mass is 9.95. The number of carbonyl (C=O) groups excluding carboxylic acids is 1. The van der Waals surface area contributed by atoms with E-state index in [1.807, 2.05) is 42.2 Å². The predicted molar refractivity (Wildman–Crippen MR) is 111 cm³/mol. The average molecular weight is 380 g/mol. The van der Waals surface area contributed by atoms with Crippen LogP contribution >= 0.6 is 0 Å². The van der Waals surface area contributed by atoms with Crippen molar-refractivity contribution >= 4 is 16.9 Å². The third-order valence-electron chi connectivity index (χ3n) is 4.63. The van der Waals surface area contributed by atoms with Gasteiger partial charge < -0.3 is 9.64 Å². The maximum Gasteiger partial charge on any atom is 0.255 e. The van der Waals surface area contributed by atoms with E-state index in [-0.39, 0.29) is 11.3 Å². The van der Waals surface area contributed by atoms with Crippen LogP contribution in [-0.2, 0) is 6.42 Å². The summed E-state index contributed by atoms with van der Waals surface area (Å²) in [5, 5.41) is 7.95. The number of aromatic nitrogens is 3. The number of hydrogen-bond donors (Lipinski definition) is 1. The van der Waals surface area contributed by atoms with Gasteiger partial charge in [0.2, 0.25) is 0 Å². The molecule has 0 spiro atoms. The number of ether oxygens (including phenoxy) is 1. The second kappa shape index (κ2) is 8.00. The Morgan fingerprint density at radius 3 is 2.57 bits per heavy atom. The number of pyridine rings is 1. The maximum absolute atomic E-state index is 13.3. The van der Waals surface area contributed by atoms with E-state index in [1.54, 1.807) is 13.3 Å². The molecule has 6 heteroatoms. The fourth-order valence-corrected chi connectivity index (χ4v) is 3.20. The molecule has 1 amide bonds. The SMILES string of the molecule is COc1ccc(CCN(CC(C)(C)C)C(=O)c2cnc3n[nH]c(C)c3c2)cc1. The van der Waals surface area contributed by atoms with Gasteiger partial charge in [0, 0.05) is 30.4 Å². The molecule has 0 saturated carbocycles. The van der Waals surface area contributed by atoms with Crippen LogP contribution < -0.4 is 4.74 Å². The van der Waals surface area contributed by atoms with Gasteiger partial charge in [-0.1, -0.05) is 32.9 Å². The normalized spacial score (nSPS) is 11.6. The predicted octanol–water partition coefficient (Wildman–Crippen LogP) is 4.01. The second-order valence-corrected chi connectivity index (χ2v) is 8.33. The van der Waals surface area contributed by atoms with Crippen LogP contribution in [0.5, 0.6) is 5.75 Å². The van der Waals surface area contributed by atoms with Crippen LogP contribution in [0.1, 0.15) is 42.4 Å². The van der Waals surface area contributed by atoms with Crippen LogP contribution in [0.15, 0.2) is 36.5 Å². The van der Waals surface area contributed by atoms with Crippen LogP contribution in [0.4, 0.5) is 0 Å². The summed E-state index contributed by atoms with van der Waals surface area (Å²) >= 11 is 0. The molecule has 3 aromatic rings. The van der Waals surface area contributed by atoms with E-state index in [4.69, 9.17) is 4.74 Å². The van der Waals surface area contributed by atoms with Gasteiger partial charge in [-0.3, -0.25) is 9.89 Å². The van der Waals surface area contributed by atoms with E-state index in [9.17, 15) is 4.79 Å². The molecule has 6 nitrogen and oxygen atoms in total. The standard InChI is InChI=1S/C22H28N4O2/c1-15-19-12-17(13-23-20(19)25-24-15)21(27)26(14-22(2,3)4)11-10-16-6-8-18(28-5)9-7-16/h6-9,12-13H,10-11,14H2,1-5H3,(H,23,24,25). The van der Waals surface area contributed by atoms with Gasteiger partial charge in [0.15, 0.2) is 5.65 Å². The summed E-state index contributed by atoms with van der Waals surface area (Å²) in [6, 6.07) is 9.87. The lowest BCUT2D eigenvalue weighted by Crippen LogP contribution is -2.39. The zero-order valence-electron chi connectivity index (χ0n) is 17.2. The number of methoxy groups -OCH3 is 1. The molecule has 0 aliphatic rings. The van der Waals surface area contributed by atoms with Crippen molar-refractivity contribution in [2.75, 3.05) is 20.2 Å². The summed E-state index contributed by atoms with van der Waals surface area (Å²) in [5.41, 5.74) is 3.31.